The summed E-state index contributed by atoms with van der Waals surface area (Å²) in [5.41, 5.74) is 3.35. The number of hydrogen-bond acceptors (Lipinski definition) is 3. The lowest BCUT2D eigenvalue weighted by Gasteiger charge is -1.97. The summed E-state index contributed by atoms with van der Waals surface area (Å²) in [5, 5.41) is 0.690. The molecular weight excluding hydrogens is 202 g/mol. The van der Waals surface area contributed by atoms with Crippen molar-refractivity contribution in [2.75, 3.05) is 0 Å². The first kappa shape index (κ1) is 10.6. The summed E-state index contributed by atoms with van der Waals surface area (Å²) in [5.74, 6) is -0.384. The van der Waals surface area contributed by atoms with Crippen LogP contribution in [0.4, 0.5) is 0 Å². The minimum atomic E-state index is -0.384. The Bertz CT molecular complexity index is 332. The van der Waals surface area contributed by atoms with Gasteiger partial charge in [-0.15, -0.1) is 0 Å². The summed E-state index contributed by atoms with van der Waals surface area (Å²) < 4.78 is 0. The second-order valence-electron chi connectivity index (χ2n) is 2.60. The third-order valence-electron chi connectivity index (χ3n) is 1.42. The zero-order valence-electron chi connectivity index (χ0n) is 7.66. The van der Waals surface area contributed by atoms with E-state index in [4.69, 9.17) is 11.6 Å². The van der Waals surface area contributed by atoms with Gasteiger partial charge in [-0.25, -0.2) is 5.48 Å². The summed E-state index contributed by atoms with van der Waals surface area (Å²) >= 11 is 5.71. The molecule has 0 atom stereocenters. The summed E-state index contributed by atoms with van der Waals surface area (Å²) in [7, 11) is 0. The van der Waals surface area contributed by atoms with Crippen LogP contribution in [0.1, 0.15) is 12.5 Å². The molecule has 0 heterocycles. The molecule has 0 unspecified atom stereocenters. The van der Waals surface area contributed by atoms with Gasteiger partial charge in [0.25, 0.3) is 0 Å². The molecule has 0 saturated heterocycles. The van der Waals surface area contributed by atoms with Crippen molar-refractivity contribution >= 4 is 23.6 Å². The summed E-state index contributed by atoms with van der Waals surface area (Å²) in [6.07, 6.45) is 3.30. The maximum absolute atomic E-state index is 10.4. The van der Waals surface area contributed by atoms with Crippen LogP contribution in [0.3, 0.4) is 0 Å². The Morgan fingerprint density at radius 3 is 2.64 bits per heavy atom. The van der Waals surface area contributed by atoms with Crippen LogP contribution in [-0.2, 0) is 9.63 Å². The van der Waals surface area contributed by atoms with E-state index < -0.39 is 0 Å². The molecule has 4 heteroatoms. The number of hydrogen-bond donors (Lipinski definition) is 1. The molecule has 1 N–H and O–H groups in total. The molecule has 0 aliphatic carbocycles. The summed E-state index contributed by atoms with van der Waals surface area (Å²) in [6.45, 7) is 1.32. The van der Waals surface area contributed by atoms with E-state index in [0.717, 1.165) is 5.56 Å². The zero-order chi connectivity index (χ0) is 10.4. The Kier molecular flexibility index (Phi) is 4.01. The van der Waals surface area contributed by atoms with E-state index >= 15 is 0 Å². The minimum absolute atomic E-state index is 0.384. The number of halogens is 1. The van der Waals surface area contributed by atoms with Crippen molar-refractivity contribution in [3.05, 3.63) is 41.1 Å². The van der Waals surface area contributed by atoms with Crippen molar-refractivity contribution in [1.29, 1.82) is 0 Å². The highest BCUT2D eigenvalue weighted by molar-refractivity contribution is 6.30. The van der Waals surface area contributed by atoms with Crippen LogP contribution in [0.2, 0.25) is 5.02 Å². The molecule has 0 spiro atoms. The number of carbonyl (C=O) groups excluding carboxylic acids is 1. The monoisotopic (exact) mass is 211 g/mol. The van der Waals surface area contributed by atoms with Crippen molar-refractivity contribution in [2.45, 2.75) is 6.92 Å². The molecule has 0 fully saturated rings. The Balaban J connectivity index is 2.44. The van der Waals surface area contributed by atoms with Crippen molar-refractivity contribution < 1.29 is 9.63 Å². The molecule has 0 aliphatic rings. The van der Waals surface area contributed by atoms with E-state index in [1.54, 1.807) is 18.2 Å². The van der Waals surface area contributed by atoms with Crippen molar-refractivity contribution in [3.8, 4) is 0 Å². The fourth-order valence-corrected chi connectivity index (χ4v) is 0.947. The SMILES string of the molecule is CC(=O)ONC=Cc1ccc(Cl)cc1. The van der Waals surface area contributed by atoms with Gasteiger partial charge in [-0.05, 0) is 23.8 Å². The molecule has 0 bridgehead atoms. The van der Waals surface area contributed by atoms with Gasteiger partial charge in [0, 0.05) is 18.1 Å². The van der Waals surface area contributed by atoms with Crippen LogP contribution in [-0.4, -0.2) is 5.97 Å². The van der Waals surface area contributed by atoms with E-state index in [9.17, 15) is 4.79 Å². The third kappa shape index (κ3) is 3.96. The molecule has 74 valence electrons. The van der Waals surface area contributed by atoms with Gasteiger partial charge >= 0.3 is 5.97 Å². The average molecular weight is 212 g/mol. The Morgan fingerprint density at radius 1 is 1.43 bits per heavy atom. The first-order valence-corrected chi connectivity index (χ1v) is 4.41. The first-order chi connectivity index (χ1) is 6.68. The second kappa shape index (κ2) is 5.29. The predicted molar refractivity (Wildman–Crippen MR) is 55.4 cm³/mol. The van der Waals surface area contributed by atoms with Crippen molar-refractivity contribution in [2.24, 2.45) is 0 Å². The van der Waals surface area contributed by atoms with Crippen LogP contribution in [0.15, 0.2) is 30.5 Å². The highest BCUT2D eigenvalue weighted by atomic mass is 35.5. The fourth-order valence-electron chi connectivity index (χ4n) is 0.821. The average Bonchev–Trinajstić information content (AvgIpc) is 2.15. The lowest BCUT2D eigenvalue weighted by molar-refractivity contribution is -0.146. The van der Waals surface area contributed by atoms with E-state index in [1.165, 1.54) is 13.1 Å². The number of nitrogens with one attached hydrogen (secondary N) is 1. The van der Waals surface area contributed by atoms with Gasteiger partial charge in [-0.1, -0.05) is 23.7 Å². The lowest BCUT2D eigenvalue weighted by Crippen LogP contribution is -2.10. The topological polar surface area (TPSA) is 38.3 Å². The molecule has 0 aromatic heterocycles. The first-order valence-electron chi connectivity index (χ1n) is 4.03. The number of hydroxylamine groups is 1. The predicted octanol–water partition coefficient (Wildman–Crippen LogP) is 2.38. The van der Waals surface area contributed by atoms with Gasteiger partial charge in [-0.3, -0.25) is 4.79 Å². The minimum Gasteiger partial charge on any atom is -0.344 e. The van der Waals surface area contributed by atoms with Crippen LogP contribution in [0.5, 0.6) is 0 Å². The smallest absolute Gasteiger partial charge is 0.329 e. The molecule has 14 heavy (non-hydrogen) atoms. The van der Waals surface area contributed by atoms with Crippen LogP contribution in [0.25, 0.3) is 6.08 Å². The molecule has 1 aromatic carbocycles. The van der Waals surface area contributed by atoms with E-state index in [0.29, 0.717) is 5.02 Å². The maximum Gasteiger partial charge on any atom is 0.329 e. The standard InChI is InChI=1S/C10H10ClNO2/c1-8(13)14-12-7-6-9-2-4-10(11)5-3-9/h2-7,12H,1H3. The number of rotatable bonds is 3. The summed E-state index contributed by atoms with van der Waals surface area (Å²) in [4.78, 5) is 14.8. The molecule has 0 aliphatic heterocycles. The lowest BCUT2D eigenvalue weighted by atomic mass is 10.2. The van der Waals surface area contributed by atoms with Gasteiger partial charge in [-0.2, -0.15) is 0 Å². The highest BCUT2D eigenvalue weighted by Crippen LogP contribution is 2.09. The molecule has 0 saturated carbocycles. The van der Waals surface area contributed by atoms with Crippen molar-refractivity contribution in [1.82, 2.24) is 5.48 Å². The van der Waals surface area contributed by atoms with Crippen molar-refractivity contribution in [3.63, 3.8) is 0 Å². The zero-order valence-corrected chi connectivity index (χ0v) is 8.41. The molecule has 1 rings (SSSR count). The largest absolute Gasteiger partial charge is 0.344 e. The molecule has 0 amide bonds. The van der Waals surface area contributed by atoms with Gasteiger partial charge in [0.2, 0.25) is 0 Å². The normalized spacial score (nSPS) is 10.1. The van der Waals surface area contributed by atoms with Gasteiger partial charge < -0.3 is 4.84 Å². The Hall–Kier alpha value is -1.48. The van der Waals surface area contributed by atoms with Gasteiger partial charge in [0.1, 0.15) is 0 Å². The van der Waals surface area contributed by atoms with Gasteiger partial charge in [0.05, 0.1) is 0 Å². The highest BCUT2D eigenvalue weighted by Gasteiger charge is 1.88. The van der Waals surface area contributed by atoms with Gasteiger partial charge in [0.15, 0.2) is 0 Å². The fraction of sp³-hybridized carbons (Fsp3) is 0.100. The van der Waals surface area contributed by atoms with E-state index in [-0.39, 0.29) is 5.97 Å². The van der Waals surface area contributed by atoms with Crippen LogP contribution >= 0.6 is 11.6 Å². The molecule has 3 nitrogen and oxygen atoms in total. The molecular formula is C10H10ClNO2. The van der Waals surface area contributed by atoms with E-state index in [2.05, 4.69) is 10.3 Å². The van der Waals surface area contributed by atoms with Crippen LogP contribution in [0, 0.1) is 0 Å². The number of benzene rings is 1. The summed E-state index contributed by atoms with van der Waals surface area (Å²) in [6, 6.07) is 7.28. The third-order valence-corrected chi connectivity index (χ3v) is 1.67. The van der Waals surface area contributed by atoms with Crippen LogP contribution < -0.4 is 5.48 Å². The van der Waals surface area contributed by atoms with E-state index in [1.807, 2.05) is 12.1 Å². The Morgan fingerprint density at radius 2 is 2.07 bits per heavy atom. The quantitative estimate of drug-likeness (QED) is 0.781. The maximum atomic E-state index is 10.4. The Labute approximate surface area is 87.3 Å². The number of carbonyl (C=O) groups is 1. The second-order valence-corrected chi connectivity index (χ2v) is 3.03. The molecule has 1 aromatic rings. The molecule has 0 radical (unpaired) electrons.